The number of fused-ring (bicyclic) bond motifs is 1. The van der Waals surface area contributed by atoms with Gasteiger partial charge in [0.2, 0.25) is 5.95 Å². The molecule has 5 heteroatoms. The van der Waals surface area contributed by atoms with E-state index in [0.717, 1.165) is 30.5 Å². The van der Waals surface area contributed by atoms with Crippen LogP contribution in [0.2, 0.25) is 5.02 Å². The average molecular weight is 266 g/mol. The van der Waals surface area contributed by atoms with Gasteiger partial charge in [0.25, 0.3) is 0 Å². The molecule has 2 heterocycles. The summed E-state index contributed by atoms with van der Waals surface area (Å²) in [6.07, 6.45) is 2.15. The Kier molecular flexibility index (Phi) is 2.92. The monoisotopic (exact) mass is 265 g/mol. The molecule has 0 spiro atoms. The molecule has 1 aliphatic heterocycles. The van der Waals surface area contributed by atoms with E-state index in [4.69, 9.17) is 22.1 Å². The Labute approximate surface area is 111 Å². The first kappa shape index (κ1) is 11.8. The molecule has 0 saturated carbocycles. The van der Waals surface area contributed by atoms with Crippen molar-refractivity contribution in [2.45, 2.75) is 31.9 Å². The van der Waals surface area contributed by atoms with E-state index in [-0.39, 0.29) is 6.10 Å². The molecule has 1 saturated heterocycles. The van der Waals surface area contributed by atoms with Crippen molar-refractivity contribution in [1.29, 1.82) is 0 Å². The number of ether oxygens (including phenoxy) is 1. The summed E-state index contributed by atoms with van der Waals surface area (Å²) in [6, 6.07) is 6.04. The number of nitrogens with zero attached hydrogens (tertiary/aromatic N) is 2. The van der Waals surface area contributed by atoms with Gasteiger partial charge in [-0.2, -0.15) is 0 Å². The maximum Gasteiger partial charge on any atom is 0.201 e. The minimum absolute atomic E-state index is 0.253. The molecule has 0 amide bonds. The number of halogens is 1. The lowest BCUT2D eigenvalue weighted by Crippen LogP contribution is -2.26. The van der Waals surface area contributed by atoms with E-state index in [1.165, 1.54) is 0 Å². The molecule has 4 nitrogen and oxygen atoms in total. The summed E-state index contributed by atoms with van der Waals surface area (Å²) in [5, 5.41) is 0.704. The van der Waals surface area contributed by atoms with Crippen LogP contribution in [0.25, 0.3) is 11.0 Å². The van der Waals surface area contributed by atoms with Gasteiger partial charge in [0.15, 0.2) is 0 Å². The summed E-state index contributed by atoms with van der Waals surface area (Å²) in [5.41, 5.74) is 7.85. The molecule has 0 aliphatic carbocycles. The van der Waals surface area contributed by atoms with Gasteiger partial charge < -0.3 is 15.0 Å². The second kappa shape index (κ2) is 4.44. The van der Waals surface area contributed by atoms with E-state index in [2.05, 4.69) is 16.5 Å². The van der Waals surface area contributed by atoms with Crippen molar-refractivity contribution in [2.75, 3.05) is 12.3 Å². The second-order valence-electron chi connectivity index (χ2n) is 4.81. The summed E-state index contributed by atoms with van der Waals surface area (Å²) in [6.45, 7) is 2.85. The highest BCUT2D eigenvalue weighted by molar-refractivity contribution is 6.35. The Bertz CT molecular complexity index is 581. The summed E-state index contributed by atoms with van der Waals surface area (Å²) < 4.78 is 7.65. The fraction of sp³-hybridized carbons (Fsp3) is 0.462. The minimum Gasteiger partial charge on any atom is -0.378 e. The lowest BCUT2D eigenvalue weighted by atomic mass is 10.0. The molecule has 1 aromatic heterocycles. The zero-order valence-electron chi connectivity index (χ0n) is 10.3. The van der Waals surface area contributed by atoms with Crippen molar-refractivity contribution in [3.63, 3.8) is 0 Å². The Balaban J connectivity index is 2.13. The van der Waals surface area contributed by atoms with E-state index in [1.807, 2.05) is 18.2 Å². The van der Waals surface area contributed by atoms with E-state index in [0.29, 0.717) is 17.0 Å². The third-order valence-electron chi connectivity index (χ3n) is 3.51. The molecule has 96 valence electrons. The van der Waals surface area contributed by atoms with E-state index >= 15 is 0 Å². The predicted molar refractivity (Wildman–Crippen MR) is 72.8 cm³/mol. The number of benzene rings is 1. The Hall–Kier alpha value is -1.26. The standard InChI is InChI=1S/C13H16ClN3O/c1-8-7-9(5-6-18-8)17-12-10(14)3-2-4-11(12)16-13(17)15/h2-4,8-9H,5-7H2,1H3,(H2,15,16). The van der Waals surface area contributed by atoms with Crippen LogP contribution >= 0.6 is 11.6 Å². The summed E-state index contributed by atoms with van der Waals surface area (Å²) >= 11 is 6.28. The van der Waals surface area contributed by atoms with Gasteiger partial charge in [0.1, 0.15) is 0 Å². The SMILES string of the molecule is CC1CC(n2c(N)nc3cccc(Cl)c32)CCO1. The number of hydrogen-bond acceptors (Lipinski definition) is 3. The maximum absolute atomic E-state index is 6.28. The fourth-order valence-corrected chi connectivity index (χ4v) is 2.96. The quantitative estimate of drug-likeness (QED) is 0.862. The molecule has 1 aromatic carbocycles. The normalized spacial score (nSPS) is 24.6. The van der Waals surface area contributed by atoms with Crippen LogP contribution in [0.15, 0.2) is 18.2 Å². The van der Waals surface area contributed by atoms with Crippen molar-refractivity contribution >= 4 is 28.6 Å². The first-order valence-corrected chi connectivity index (χ1v) is 6.58. The zero-order chi connectivity index (χ0) is 12.7. The Morgan fingerprint density at radius 1 is 1.50 bits per heavy atom. The fourth-order valence-electron chi connectivity index (χ4n) is 2.70. The van der Waals surface area contributed by atoms with Gasteiger partial charge in [-0.15, -0.1) is 0 Å². The zero-order valence-corrected chi connectivity index (χ0v) is 11.0. The van der Waals surface area contributed by atoms with Crippen molar-refractivity contribution in [1.82, 2.24) is 9.55 Å². The molecule has 2 atom stereocenters. The molecule has 1 aliphatic rings. The van der Waals surface area contributed by atoms with Crippen LogP contribution < -0.4 is 5.73 Å². The smallest absolute Gasteiger partial charge is 0.201 e. The summed E-state index contributed by atoms with van der Waals surface area (Å²) in [5.74, 6) is 0.539. The summed E-state index contributed by atoms with van der Waals surface area (Å²) in [4.78, 5) is 4.39. The number of nitrogen functional groups attached to an aromatic ring is 1. The lowest BCUT2D eigenvalue weighted by molar-refractivity contribution is 0.00714. The van der Waals surface area contributed by atoms with Crippen molar-refractivity contribution in [3.05, 3.63) is 23.2 Å². The average Bonchev–Trinajstić information content (AvgIpc) is 2.67. The first-order chi connectivity index (χ1) is 8.66. The highest BCUT2D eigenvalue weighted by Gasteiger charge is 2.25. The number of hydrogen-bond donors (Lipinski definition) is 1. The van der Waals surface area contributed by atoms with Gasteiger partial charge in [-0.1, -0.05) is 17.7 Å². The topological polar surface area (TPSA) is 53.1 Å². The molecule has 2 N–H and O–H groups in total. The molecule has 18 heavy (non-hydrogen) atoms. The highest BCUT2D eigenvalue weighted by atomic mass is 35.5. The predicted octanol–water partition coefficient (Wildman–Crippen LogP) is 3.01. The number of aromatic nitrogens is 2. The second-order valence-corrected chi connectivity index (χ2v) is 5.21. The number of para-hydroxylation sites is 1. The summed E-state index contributed by atoms with van der Waals surface area (Å²) in [7, 11) is 0. The third kappa shape index (κ3) is 1.85. The lowest BCUT2D eigenvalue weighted by Gasteiger charge is -2.29. The van der Waals surface area contributed by atoms with Crippen LogP contribution in [-0.2, 0) is 4.74 Å². The van der Waals surface area contributed by atoms with Crippen molar-refractivity contribution in [3.8, 4) is 0 Å². The molecule has 0 bridgehead atoms. The number of nitrogens with two attached hydrogens (primary N) is 1. The van der Waals surface area contributed by atoms with Gasteiger partial charge >= 0.3 is 0 Å². The van der Waals surface area contributed by atoms with Crippen molar-refractivity contribution < 1.29 is 4.74 Å². The van der Waals surface area contributed by atoms with Crippen LogP contribution in [-0.4, -0.2) is 22.3 Å². The van der Waals surface area contributed by atoms with Gasteiger partial charge in [-0.05, 0) is 31.9 Å². The molecular formula is C13H16ClN3O. The van der Waals surface area contributed by atoms with Crippen molar-refractivity contribution in [2.24, 2.45) is 0 Å². The van der Waals surface area contributed by atoms with Crippen LogP contribution in [0, 0.1) is 0 Å². The van der Waals surface area contributed by atoms with E-state index < -0.39 is 0 Å². The number of rotatable bonds is 1. The molecule has 1 fully saturated rings. The van der Waals surface area contributed by atoms with Gasteiger partial charge in [0.05, 0.1) is 22.2 Å². The largest absolute Gasteiger partial charge is 0.378 e. The molecule has 3 rings (SSSR count). The third-order valence-corrected chi connectivity index (χ3v) is 3.82. The van der Waals surface area contributed by atoms with Gasteiger partial charge in [-0.3, -0.25) is 0 Å². The Morgan fingerprint density at radius 3 is 3.11 bits per heavy atom. The highest BCUT2D eigenvalue weighted by Crippen LogP contribution is 2.34. The van der Waals surface area contributed by atoms with Gasteiger partial charge in [0, 0.05) is 12.6 Å². The number of anilines is 1. The van der Waals surface area contributed by atoms with E-state index in [9.17, 15) is 0 Å². The van der Waals surface area contributed by atoms with Crippen LogP contribution in [0.5, 0.6) is 0 Å². The molecule has 2 unspecified atom stereocenters. The Morgan fingerprint density at radius 2 is 2.33 bits per heavy atom. The first-order valence-electron chi connectivity index (χ1n) is 6.20. The van der Waals surface area contributed by atoms with Crippen LogP contribution in [0.4, 0.5) is 5.95 Å². The molecule has 2 aromatic rings. The van der Waals surface area contributed by atoms with E-state index in [1.54, 1.807) is 0 Å². The van der Waals surface area contributed by atoms with Crippen LogP contribution in [0.1, 0.15) is 25.8 Å². The minimum atomic E-state index is 0.253. The van der Waals surface area contributed by atoms with Gasteiger partial charge in [-0.25, -0.2) is 4.98 Å². The number of imidazole rings is 1. The molecular weight excluding hydrogens is 250 g/mol. The maximum atomic E-state index is 6.28. The van der Waals surface area contributed by atoms with Crippen LogP contribution in [0.3, 0.4) is 0 Å². The molecule has 0 radical (unpaired) electrons.